The van der Waals surface area contributed by atoms with Gasteiger partial charge in [-0.1, -0.05) is 23.7 Å². The number of hydrogen-bond donors (Lipinski definition) is 0. The molecule has 6 heteroatoms. The van der Waals surface area contributed by atoms with Crippen LogP contribution < -0.4 is 9.47 Å². The van der Waals surface area contributed by atoms with E-state index in [1.165, 1.54) is 0 Å². The van der Waals surface area contributed by atoms with Crippen LogP contribution in [0, 0.1) is 0 Å². The summed E-state index contributed by atoms with van der Waals surface area (Å²) in [4.78, 5) is 14.9. The van der Waals surface area contributed by atoms with E-state index in [1.54, 1.807) is 31.4 Å². The maximum Gasteiger partial charge on any atom is 0.231 e. The number of allylic oxidation sites excluding steroid dienone is 1. The molecule has 5 nitrogen and oxygen atoms in total. The zero-order valence-corrected chi connectivity index (χ0v) is 15.8. The molecule has 0 spiro atoms. The van der Waals surface area contributed by atoms with Crippen molar-refractivity contribution >= 4 is 23.5 Å². The summed E-state index contributed by atoms with van der Waals surface area (Å²) in [5.41, 5.74) is 2.31. The second-order valence-corrected chi connectivity index (χ2v) is 7.02. The highest BCUT2D eigenvalue weighted by molar-refractivity contribution is 6.30. The van der Waals surface area contributed by atoms with Crippen LogP contribution in [0.3, 0.4) is 0 Å². The molecule has 0 aliphatic carbocycles. The number of hydrogen-bond acceptors (Lipinski definition) is 5. The number of Topliss-reactive ketones (excluding diaryl/α,β-unsaturated/α-hetero) is 1. The number of halogens is 1. The molecule has 0 bridgehead atoms. The Bertz CT molecular complexity index is 909. The molecule has 2 aliphatic rings. The van der Waals surface area contributed by atoms with Gasteiger partial charge in [-0.15, -0.1) is 0 Å². The number of rotatable bonds is 5. The highest BCUT2D eigenvalue weighted by Crippen LogP contribution is 2.42. The number of ketones is 1. The van der Waals surface area contributed by atoms with Crippen LogP contribution in [-0.2, 0) is 11.3 Å². The minimum atomic E-state index is -0.121. The van der Waals surface area contributed by atoms with Crippen molar-refractivity contribution in [1.82, 2.24) is 4.90 Å². The van der Waals surface area contributed by atoms with Crippen molar-refractivity contribution in [2.45, 2.75) is 13.0 Å². The zero-order valence-electron chi connectivity index (χ0n) is 15.0. The van der Waals surface area contributed by atoms with Crippen molar-refractivity contribution in [1.29, 1.82) is 0 Å². The molecule has 0 N–H and O–H groups in total. The van der Waals surface area contributed by atoms with Crippen LogP contribution in [0.5, 0.6) is 11.5 Å². The molecule has 0 radical (unpaired) electrons. The van der Waals surface area contributed by atoms with Gasteiger partial charge in [0.25, 0.3) is 0 Å². The molecule has 0 unspecified atom stereocenters. The van der Waals surface area contributed by atoms with Gasteiger partial charge in [0.15, 0.2) is 5.76 Å². The Kier molecular flexibility index (Phi) is 5.16. The SMILES string of the molecule is COCCCN1COc2ccc3c(c2C1)O/C(=C\c1cccc(Cl)c1)C3=O. The third-order valence-corrected chi connectivity index (χ3v) is 4.89. The van der Waals surface area contributed by atoms with Gasteiger partial charge in [-0.05, 0) is 42.3 Å². The topological polar surface area (TPSA) is 48.0 Å². The molecule has 2 heterocycles. The molecule has 0 aromatic heterocycles. The van der Waals surface area contributed by atoms with E-state index in [9.17, 15) is 4.79 Å². The summed E-state index contributed by atoms with van der Waals surface area (Å²) in [6, 6.07) is 10.9. The van der Waals surface area contributed by atoms with Gasteiger partial charge in [-0.2, -0.15) is 0 Å². The van der Waals surface area contributed by atoms with Crippen molar-refractivity contribution in [2.75, 3.05) is 27.0 Å². The van der Waals surface area contributed by atoms with Crippen LogP contribution in [0.2, 0.25) is 5.02 Å². The lowest BCUT2D eigenvalue weighted by Crippen LogP contribution is -2.33. The fourth-order valence-electron chi connectivity index (χ4n) is 3.33. The molecule has 2 aromatic carbocycles. The normalized spacial score (nSPS) is 17.4. The highest BCUT2D eigenvalue weighted by atomic mass is 35.5. The van der Waals surface area contributed by atoms with Gasteiger partial charge in [-0.25, -0.2) is 0 Å². The molecule has 0 amide bonds. The van der Waals surface area contributed by atoms with E-state index in [4.69, 9.17) is 25.8 Å². The van der Waals surface area contributed by atoms with Crippen molar-refractivity contribution in [3.63, 3.8) is 0 Å². The first-order valence-corrected chi connectivity index (χ1v) is 9.23. The molecule has 0 saturated carbocycles. The van der Waals surface area contributed by atoms with E-state index >= 15 is 0 Å². The second-order valence-electron chi connectivity index (χ2n) is 6.59. The van der Waals surface area contributed by atoms with Crippen LogP contribution >= 0.6 is 11.6 Å². The van der Waals surface area contributed by atoms with Gasteiger partial charge in [0, 0.05) is 31.8 Å². The number of fused-ring (bicyclic) bond motifs is 3. The first-order valence-electron chi connectivity index (χ1n) is 8.85. The Labute approximate surface area is 163 Å². The summed E-state index contributed by atoms with van der Waals surface area (Å²) in [5, 5.41) is 0.616. The second kappa shape index (κ2) is 7.72. The maximum atomic E-state index is 12.8. The van der Waals surface area contributed by atoms with Gasteiger partial charge in [0.05, 0.1) is 11.1 Å². The van der Waals surface area contributed by atoms with Gasteiger partial charge in [0.2, 0.25) is 5.78 Å². The lowest BCUT2D eigenvalue weighted by Gasteiger charge is -2.29. The molecule has 0 saturated heterocycles. The quantitative estimate of drug-likeness (QED) is 0.571. The van der Waals surface area contributed by atoms with E-state index in [0.717, 1.165) is 29.8 Å². The average molecular weight is 386 g/mol. The Morgan fingerprint density at radius 2 is 2.19 bits per heavy atom. The third-order valence-electron chi connectivity index (χ3n) is 4.65. The Morgan fingerprint density at radius 1 is 1.30 bits per heavy atom. The first-order chi connectivity index (χ1) is 13.2. The average Bonchev–Trinajstić information content (AvgIpc) is 2.98. The summed E-state index contributed by atoms with van der Waals surface area (Å²) in [5.74, 6) is 1.55. The molecule has 0 atom stereocenters. The van der Waals surface area contributed by atoms with Crippen LogP contribution in [-0.4, -0.2) is 37.7 Å². The predicted octanol–water partition coefficient (Wildman–Crippen LogP) is 4.14. The zero-order chi connectivity index (χ0) is 18.8. The van der Waals surface area contributed by atoms with Crippen LogP contribution in [0.15, 0.2) is 42.2 Å². The monoisotopic (exact) mass is 385 g/mol. The maximum absolute atomic E-state index is 12.8. The van der Waals surface area contributed by atoms with E-state index in [-0.39, 0.29) is 5.78 Å². The van der Waals surface area contributed by atoms with Crippen LogP contribution in [0.25, 0.3) is 6.08 Å². The van der Waals surface area contributed by atoms with Crippen molar-refractivity contribution in [2.24, 2.45) is 0 Å². The lowest BCUT2D eigenvalue weighted by molar-refractivity contribution is 0.0823. The number of methoxy groups -OCH3 is 1. The van der Waals surface area contributed by atoms with Crippen LogP contribution in [0.1, 0.15) is 27.9 Å². The highest BCUT2D eigenvalue weighted by Gasteiger charge is 2.33. The van der Waals surface area contributed by atoms with Crippen LogP contribution in [0.4, 0.5) is 0 Å². The van der Waals surface area contributed by atoms with Crippen molar-refractivity contribution in [3.8, 4) is 11.5 Å². The molecular weight excluding hydrogens is 366 g/mol. The van der Waals surface area contributed by atoms with Gasteiger partial charge >= 0.3 is 0 Å². The molecule has 2 aromatic rings. The summed E-state index contributed by atoms with van der Waals surface area (Å²) >= 11 is 6.03. The predicted molar refractivity (Wildman–Crippen MR) is 103 cm³/mol. The number of carbonyl (C=O) groups is 1. The standard InChI is InChI=1S/C21H20ClNO4/c1-25-9-3-8-23-12-17-18(26-13-23)7-6-16-20(24)19(27-21(16)17)11-14-4-2-5-15(22)10-14/h2,4-7,10-11H,3,8-9,12-13H2,1H3/b19-11-. The molecular formula is C21H20ClNO4. The molecule has 0 fully saturated rings. The van der Waals surface area contributed by atoms with Gasteiger partial charge in [-0.3, -0.25) is 9.69 Å². The molecule has 27 heavy (non-hydrogen) atoms. The lowest BCUT2D eigenvalue weighted by atomic mass is 10.0. The minimum Gasteiger partial charge on any atom is -0.478 e. The summed E-state index contributed by atoms with van der Waals surface area (Å²) < 4.78 is 16.9. The molecule has 4 rings (SSSR count). The summed E-state index contributed by atoms with van der Waals surface area (Å²) in [7, 11) is 1.70. The Balaban J connectivity index is 1.60. The molecule has 2 aliphatic heterocycles. The summed E-state index contributed by atoms with van der Waals surface area (Å²) in [6.07, 6.45) is 2.64. The first kappa shape index (κ1) is 18.0. The Hall–Kier alpha value is -2.34. The van der Waals surface area contributed by atoms with Crippen molar-refractivity contribution < 1.29 is 19.0 Å². The fourth-order valence-corrected chi connectivity index (χ4v) is 3.53. The Morgan fingerprint density at radius 3 is 3.00 bits per heavy atom. The summed E-state index contributed by atoms with van der Waals surface area (Å²) in [6.45, 7) is 2.77. The van der Waals surface area contributed by atoms with E-state index in [1.807, 2.05) is 18.2 Å². The van der Waals surface area contributed by atoms with Crippen molar-refractivity contribution in [3.05, 3.63) is 63.9 Å². The fraction of sp³-hybridized carbons (Fsp3) is 0.286. The number of benzene rings is 2. The third kappa shape index (κ3) is 3.72. The smallest absolute Gasteiger partial charge is 0.231 e. The van der Waals surface area contributed by atoms with Gasteiger partial charge in [0.1, 0.15) is 18.2 Å². The van der Waals surface area contributed by atoms with Gasteiger partial charge < -0.3 is 14.2 Å². The minimum absolute atomic E-state index is 0.121. The number of ether oxygens (including phenoxy) is 3. The largest absolute Gasteiger partial charge is 0.478 e. The number of nitrogens with zero attached hydrogens (tertiary/aromatic N) is 1. The van der Waals surface area contributed by atoms with E-state index < -0.39 is 0 Å². The number of carbonyl (C=O) groups excluding carboxylic acids is 1. The van der Waals surface area contributed by atoms with E-state index in [0.29, 0.717) is 42.0 Å². The van der Waals surface area contributed by atoms with E-state index in [2.05, 4.69) is 4.90 Å². The molecule has 140 valence electrons.